The summed E-state index contributed by atoms with van der Waals surface area (Å²) in [5, 5.41) is 1.24. The molecule has 0 aliphatic carbocycles. The summed E-state index contributed by atoms with van der Waals surface area (Å²) in [6.45, 7) is 1.36. The Hall–Kier alpha value is -2.95. The van der Waals surface area contributed by atoms with Crippen LogP contribution in [0.25, 0.3) is 10.9 Å². The lowest BCUT2D eigenvalue weighted by Crippen LogP contribution is -2.40. The summed E-state index contributed by atoms with van der Waals surface area (Å²) in [6, 6.07) is 14.4. The van der Waals surface area contributed by atoms with Gasteiger partial charge < -0.3 is 14.5 Å². The second-order valence-corrected chi connectivity index (χ2v) is 6.84. The van der Waals surface area contributed by atoms with Crippen LogP contribution in [0, 0.1) is 0 Å². The van der Waals surface area contributed by atoms with Crippen molar-refractivity contribution < 1.29 is 14.3 Å². The fourth-order valence-electron chi connectivity index (χ4n) is 4.28. The van der Waals surface area contributed by atoms with Gasteiger partial charge in [-0.3, -0.25) is 4.90 Å². The smallest absolute Gasteiger partial charge is 0.410 e. The van der Waals surface area contributed by atoms with Crippen LogP contribution in [-0.2, 0) is 17.6 Å². The van der Waals surface area contributed by atoms with E-state index in [1.54, 1.807) is 0 Å². The molecule has 0 fully saturated rings. The Kier molecular flexibility index (Phi) is 3.42. The quantitative estimate of drug-likeness (QED) is 0.727. The van der Waals surface area contributed by atoms with Gasteiger partial charge in [0.15, 0.2) is 0 Å². The fourth-order valence-corrected chi connectivity index (χ4v) is 4.28. The van der Waals surface area contributed by atoms with Crippen LogP contribution in [-0.4, -0.2) is 36.2 Å². The molecule has 1 aromatic heterocycles. The standard InChI is InChI=1S/C21H20N2O3/c1-25-21(24)23-10-8-16-15-4-2-3-5-17(15)22-19(16)20(23)14-6-7-18-13(12-14)9-11-26-18/h2-7,12,20,22H,8-11H2,1H3. The van der Waals surface area contributed by atoms with Crippen LogP contribution < -0.4 is 4.74 Å². The third-order valence-corrected chi connectivity index (χ3v) is 5.47. The number of carbonyl (C=O) groups is 1. The largest absolute Gasteiger partial charge is 0.493 e. The molecule has 5 rings (SSSR count). The predicted molar refractivity (Wildman–Crippen MR) is 98.6 cm³/mol. The molecule has 0 bridgehead atoms. The molecule has 0 spiro atoms. The number of aromatic nitrogens is 1. The van der Waals surface area contributed by atoms with Crippen LogP contribution >= 0.6 is 0 Å². The van der Waals surface area contributed by atoms with E-state index in [-0.39, 0.29) is 12.1 Å². The second kappa shape index (κ2) is 5.80. The van der Waals surface area contributed by atoms with Gasteiger partial charge in [-0.25, -0.2) is 4.79 Å². The number of carbonyl (C=O) groups excluding carboxylic acids is 1. The maximum absolute atomic E-state index is 12.5. The van der Waals surface area contributed by atoms with Crippen molar-refractivity contribution in [1.29, 1.82) is 0 Å². The van der Waals surface area contributed by atoms with E-state index in [4.69, 9.17) is 9.47 Å². The molecule has 1 N–H and O–H groups in total. The summed E-state index contributed by atoms with van der Waals surface area (Å²) < 4.78 is 10.7. The molecule has 2 aromatic carbocycles. The highest BCUT2D eigenvalue weighted by Crippen LogP contribution is 2.40. The van der Waals surface area contributed by atoms with Crippen molar-refractivity contribution >= 4 is 17.0 Å². The average molecular weight is 348 g/mol. The lowest BCUT2D eigenvalue weighted by Gasteiger charge is -2.35. The van der Waals surface area contributed by atoms with Crippen molar-refractivity contribution in [2.45, 2.75) is 18.9 Å². The number of H-pyrrole nitrogens is 1. The summed E-state index contributed by atoms with van der Waals surface area (Å²) in [5.74, 6) is 0.950. The summed E-state index contributed by atoms with van der Waals surface area (Å²) in [5.41, 5.74) is 5.78. The zero-order chi connectivity index (χ0) is 17.7. The van der Waals surface area contributed by atoms with E-state index < -0.39 is 0 Å². The summed E-state index contributed by atoms with van der Waals surface area (Å²) in [6.07, 6.45) is 1.43. The number of ether oxygens (including phenoxy) is 2. The van der Waals surface area contributed by atoms with E-state index in [0.29, 0.717) is 6.54 Å². The number of methoxy groups -OCH3 is 1. The van der Waals surface area contributed by atoms with Crippen LogP contribution in [0.1, 0.15) is 28.4 Å². The zero-order valence-corrected chi connectivity index (χ0v) is 14.6. The van der Waals surface area contributed by atoms with Gasteiger partial charge in [0.25, 0.3) is 0 Å². The van der Waals surface area contributed by atoms with Gasteiger partial charge in [0, 0.05) is 29.6 Å². The van der Waals surface area contributed by atoms with Crippen LogP contribution in [0.2, 0.25) is 0 Å². The fraction of sp³-hybridized carbons (Fsp3) is 0.286. The minimum atomic E-state index is -0.295. The normalized spacial score (nSPS) is 18.3. The molecular formula is C21H20N2O3. The molecule has 26 heavy (non-hydrogen) atoms. The Labute approximate surface area is 151 Å². The van der Waals surface area contributed by atoms with Crippen molar-refractivity contribution in [3.05, 3.63) is 64.8 Å². The van der Waals surface area contributed by atoms with Gasteiger partial charge in [0.05, 0.1) is 13.7 Å². The van der Waals surface area contributed by atoms with Crippen LogP contribution in [0.3, 0.4) is 0 Å². The minimum Gasteiger partial charge on any atom is -0.493 e. The SMILES string of the molecule is COC(=O)N1CCc2c([nH]c3ccccc23)C1c1ccc2c(c1)CCO2. The molecule has 1 unspecified atom stereocenters. The number of nitrogens with zero attached hydrogens (tertiary/aromatic N) is 1. The minimum absolute atomic E-state index is 0.176. The van der Waals surface area contributed by atoms with Gasteiger partial charge >= 0.3 is 6.09 Å². The third kappa shape index (κ3) is 2.20. The predicted octanol–water partition coefficient (Wildman–Crippen LogP) is 3.82. The number of hydrogen-bond donors (Lipinski definition) is 1. The van der Waals surface area contributed by atoms with Gasteiger partial charge in [-0.05, 0) is 41.3 Å². The number of amides is 1. The summed E-state index contributed by atoms with van der Waals surface area (Å²) >= 11 is 0. The Morgan fingerprint density at radius 3 is 3.00 bits per heavy atom. The molecular weight excluding hydrogens is 328 g/mol. The van der Waals surface area contributed by atoms with E-state index in [0.717, 1.165) is 42.0 Å². The van der Waals surface area contributed by atoms with Gasteiger partial charge in [0.1, 0.15) is 11.8 Å². The first-order valence-electron chi connectivity index (χ1n) is 8.96. The van der Waals surface area contributed by atoms with Gasteiger partial charge in [-0.15, -0.1) is 0 Å². The number of rotatable bonds is 1. The average Bonchev–Trinajstić information content (AvgIpc) is 3.30. The van der Waals surface area contributed by atoms with E-state index in [9.17, 15) is 4.79 Å². The van der Waals surface area contributed by atoms with E-state index in [1.807, 2.05) is 17.0 Å². The third-order valence-electron chi connectivity index (χ3n) is 5.47. The lowest BCUT2D eigenvalue weighted by molar-refractivity contribution is 0.108. The molecule has 0 saturated carbocycles. The van der Waals surface area contributed by atoms with Crippen molar-refractivity contribution in [2.75, 3.05) is 20.3 Å². The Morgan fingerprint density at radius 2 is 2.12 bits per heavy atom. The molecule has 3 heterocycles. The van der Waals surface area contributed by atoms with Crippen LogP contribution in [0.5, 0.6) is 5.75 Å². The number of benzene rings is 2. The molecule has 2 aliphatic rings. The maximum atomic E-state index is 12.5. The van der Waals surface area contributed by atoms with E-state index in [1.165, 1.54) is 23.6 Å². The topological polar surface area (TPSA) is 54.6 Å². The Balaban J connectivity index is 1.69. The Morgan fingerprint density at radius 1 is 1.23 bits per heavy atom. The molecule has 2 aliphatic heterocycles. The molecule has 1 amide bonds. The van der Waals surface area contributed by atoms with E-state index in [2.05, 4.69) is 35.3 Å². The van der Waals surface area contributed by atoms with Crippen LogP contribution in [0.4, 0.5) is 4.79 Å². The molecule has 0 radical (unpaired) electrons. The first kappa shape index (κ1) is 15.3. The van der Waals surface area contributed by atoms with Gasteiger partial charge in [0.2, 0.25) is 0 Å². The first-order chi connectivity index (χ1) is 12.8. The Bertz CT molecular complexity index is 1010. The van der Waals surface area contributed by atoms with E-state index >= 15 is 0 Å². The summed E-state index contributed by atoms with van der Waals surface area (Å²) in [4.78, 5) is 17.8. The van der Waals surface area contributed by atoms with Crippen molar-refractivity contribution in [3.8, 4) is 5.75 Å². The van der Waals surface area contributed by atoms with Crippen molar-refractivity contribution in [3.63, 3.8) is 0 Å². The number of nitrogens with one attached hydrogen (secondary N) is 1. The van der Waals surface area contributed by atoms with Crippen molar-refractivity contribution in [1.82, 2.24) is 9.88 Å². The lowest BCUT2D eigenvalue weighted by atomic mass is 9.91. The van der Waals surface area contributed by atoms with Crippen molar-refractivity contribution in [2.24, 2.45) is 0 Å². The molecule has 5 heteroatoms. The monoisotopic (exact) mass is 348 g/mol. The highest BCUT2D eigenvalue weighted by molar-refractivity contribution is 5.86. The molecule has 0 saturated heterocycles. The highest BCUT2D eigenvalue weighted by atomic mass is 16.5. The molecule has 5 nitrogen and oxygen atoms in total. The number of para-hydroxylation sites is 1. The highest BCUT2D eigenvalue weighted by Gasteiger charge is 2.35. The number of fused-ring (bicyclic) bond motifs is 4. The second-order valence-electron chi connectivity index (χ2n) is 6.84. The number of hydrogen-bond acceptors (Lipinski definition) is 3. The van der Waals surface area contributed by atoms with Crippen LogP contribution in [0.15, 0.2) is 42.5 Å². The first-order valence-corrected chi connectivity index (χ1v) is 8.96. The molecule has 132 valence electrons. The zero-order valence-electron chi connectivity index (χ0n) is 14.6. The molecule has 3 aromatic rings. The molecule has 1 atom stereocenters. The van der Waals surface area contributed by atoms with Gasteiger partial charge in [-0.2, -0.15) is 0 Å². The maximum Gasteiger partial charge on any atom is 0.410 e. The summed E-state index contributed by atoms with van der Waals surface area (Å²) in [7, 11) is 1.44. The van der Waals surface area contributed by atoms with Gasteiger partial charge in [-0.1, -0.05) is 24.3 Å². The number of aromatic amines is 1.